The molecule has 1 aromatic heterocycles. The van der Waals surface area contributed by atoms with Gasteiger partial charge >= 0.3 is 12.1 Å². The first-order chi connectivity index (χ1) is 25.6. The number of unbranched alkanes of at least 4 members (excludes halogenated alkanes) is 2. The Hall–Kier alpha value is -4.95. The summed E-state index contributed by atoms with van der Waals surface area (Å²) >= 11 is 12.5. The van der Waals surface area contributed by atoms with Crippen molar-refractivity contribution in [1.29, 1.82) is 0 Å². The van der Waals surface area contributed by atoms with Gasteiger partial charge in [0.25, 0.3) is 11.8 Å². The summed E-state index contributed by atoms with van der Waals surface area (Å²) in [7, 11) is 0. The Bertz CT molecular complexity index is 2100. The van der Waals surface area contributed by atoms with Crippen LogP contribution in [0.5, 0.6) is 5.75 Å². The number of phenols is 1. The fourth-order valence-electron chi connectivity index (χ4n) is 8.87. The number of aromatic hydroxyl groups is 1. The molecule has 16 heteroatoms. The molecule has 4 aliphatic rings. The van der Waals surface area contributed by atoms with E-state index < -0.39 is 75.5 Å². The molecular formula is C38H33Cl2F3N4O7. The van der Waals surface area contributed by atoms with Gasteiger partial charge in [0.2, 0.25) is 11.8 Å². The van der Waals surface area contributed by atoms with Crippen LogP contribution in [0.2, 0.25) is 10.0 Å². The molecule has 3 heterocycles. The summed E-state index contributed by atoms with van der Waals surface area (Å²) in [6, 6.07) is 13.2. The van der Waals surface area contributed by atoms with Crippen molar-refractivity contribution < 1.29 is 47.4 Å². The average molecular weight is 786 g/mol. The average Bonchev–Trinajstić information content (AvgIpc) is 3.49. The summed E-state index contributed by atoms with van der Waals surface area (Å²) in [6.07, 6.45) is -1.00. The molecule has 6 atom stereocenters. The fraction of sp³-hybridized carbons (Fsp3) is 0.368. The maximum Gasteiger partial charge on any atom is 0.417 e. The van der Waals surface area contributed by atoms with Gasteiger partial charge in [0.15, 0.2) is 5.82 Å². The molecule has 2 aliphatic carbocycles. The molecule has 11 nitrogen and oxygen atoms in total. The Kier molecular flexibility index (Phi) is 9.71. The number of aliphatic carboxylic acids is 1. The zero-order chi connectivity index (χ0) is 38.7. The molecular weight excluding hydrogens is 752 g/mol. The van der Waals surface area contributed by atoms with Gasteiger partial charge in [0.1, 0.15) is 5.75 Å². The number of fused-ring (bicyclic) bond motifs is 4. The number of hydrogen-bond acceptors (Lipinski definition) is 8. The highest BCUT2D eigenvalue weighted by Gasteiger charge is 2.70. The van der Waals surface area contributed by atoms with Crippen LogP contribution in [0.3, 0.4) is 0 Å². The van der Waals surface area contributed by atoms with Crippen LogP contribution in [-0.4, -0.2) is 61.2 Å². The van der Waals surface area contributed by atoms with Crippen LogP contribution in [0, 0.1) is 23.7 Å². The minimum Gasteiger partial charge on any atom is -0.508 e. The molecule has 3 aromatic rings. The first kappa shape index (κ1) is 37.4. The molecule has 2 aromatic carbocycles. The van der Waals surface area contributed by atoms with Crippen LogP contribution in [0.1, 0.15) is 61.1 Å². The number of benzene rings is 2. The second-order valence-electron chi connectivity index (χ2n) is 14.0. The third-order valence-electron chi connectivity index (χ3n) is 11.1. The van der Waals surface area contributed by atoms with Crippen LogP contribution in [0.25, 0.3) is 0 Å². The van der Waals surface area contributed by atoms with Crippen LogP contribution >= 0.6 is 23.2 Å². The normalized spacial score (nSPS) is 26.4. The summed E-state index contributed by atoms with van der Waals surface area (Å²) in [5, 5.41) is 20.2. The number of carbonyl (C=O) groups is 5. The largest absolute Gasteiger partial charge is 0.508 e. The number of phenolic OH excluding ortho intramolecular Hbond substituents is 1. The van der Waals surface area contributed by atoms with Gasteiger partial charge in [0, 0.05) is 30.1 Å². The molecule has 0 spiro atoms. The zero-order valence-electron chi connectivity index (χ0n) is 28.4. The van der Waals surface area contributed by atoms with E-state index in [0.717, 1.165) is 0 Å². The van der Waals surface area contributed by atoms with Gasteiger partial charge in [-0.05, 0) is 73.1 Å². The van der Waals surface area contributed by atoms with Gasteiger partial charge in [0.05, 0.1) is 33.8 Å². The van der Waals surface area contributed by atoms with E-state index in [9.17, 15) is 37.5 Å². The van der Waals surface area contributed by atoms with Crippen molar-refractivity contribution >= 4 is 58.6 Å². The van der Waals surface area contributed by atoms with E-state index in [1.807, 2.05) is 6.08 Å². The van der Waals surface area contributed by atoms with E-state index in [-0.39, 0.29) is 43.3 Å². The molecule has 7 rings (SSSR count). The smallest absolute Gasteiger partial charge is 0.417 e. The highest BCUT2D eigenvalue weighted by atomic mass is 35.5. The number of rotatable bonds is 10. The number of pyridine rings is 1. The lowest BCUT2D eigenvalue weighted by Crippen LogP contribution is -2.53. The van der Waals surface area contributed by atoms with Gasteiger partial charge in [-0.2, -0.15) is 18.2 Å². The van der Waals surface area contributed by atoms with Crippen molar-refractivity contribution in [2.75, 3.05) is 12.0 Å². The quantitative estimate of drug-likeness (QED) is 0.115. The lowest BCUT2D eigenvalue weighted by molar-refractivity contribution is -0.141. The number of halogens is 5. The molecule has 3 N–H and O–H groups in total. The van der Waals surface area contributed by atoms with Crippen molar-refractivity contribution in [3.8, 4) is 5.75 Å². The maximum absolute atomic E-state index is 15.2. The monoisotopic (exact) mass is 784 g/mol. The van der Waals surface area contributed by atoms with Crippen LogP contribution in [-0.2, 0) is 35.6 Å². The number of carboxylic acid groups (broad SMARTS) is 1. The molecule has 2 saturated heterocycles. The molecule has 3 fully saturated rings. The number of amides is 4. The third kappa shape index (κ3) is 6.18. The molecule has 0 bridgehead atoms. The molecule has 54 heavy (non-hydrogen) atoms. The Morgan fingerprint density at radius 2 is 1.70 bits per heavy atom. The van der Waals surface area contributed by atoms with E-state index in [0.29, 0.717) is 58.3 Å². The van der Waals surface area contributed by atoms with Crippen molar-refractivity contribution in [2.45, 2.75) is 56.0 Å². The SMILES string of the molecule is O=C(O)CCCCCN1C(=O)[C@H]2[C@H](CC=C3[C@H]2C[C@H]2C(=O)N(Nc4ncc(C(F)(F)F)cc4Cl)C(=O)[C@@]2(c2ccc(Cl)cc2)[C@H]3c2cccc(O)c2)C1=O. The summed E-state index contributed by atoms with van der Waals surface area (Å²) in [6.45, 7) is 0.108. The van der Waals surface area contributed by atoms with Crippen LogP contribution in [0.15, 0.2) is 72.4 Å². The zero-order valence-corrected chi connectivity index (χ0v) is 29.9. The van der Waals surface area contributed by atoms with Crippen molar-refractivity contribution in [1.82, 2.24) is 14.9 Å². The number of likely N-dealkylation sites (tertiary alicyclic amines) is 1. The van der Waals surface area contributed by atoms with Crippen molar-refractivity contribution in [2.24, 2.45) is 23.7 Å². The number of aromatic nitrogens is 1. The minimum absolute atomic E-state index is 0.0323. The Balaban J connectivity index is 1.33. The number of carboxylic acids is 1. The molecule has 282 valence electrons. The summed E-state index contributed by atoms with van der Waals surface area (Å²) in [4.78, 5) is 73.7. The first-order valence-electron chi connectivity index (χ1n) is 17.3. The van der Waals surface area contributed by atoms with Gasteiger partial charge in [-0.3, -0.25) is 34.3 Å². The molecule has 2 aliphatic heterocycles. The minimum atomic E-state index is -4.76. The number of imide groups is 2. The number of allylic oxidation sites excluding steroid dienone is 2. The van der Waals surface area contributed by atoms with E-state index in [1.54, 1.807) is 36.4 Å². The van der Waals surface area contributed by atoms with Crippen LogP contribution < -0.4 is 5.43 Å². The number of alkyl halides is 3. The Morgan fingerprint density at radius 1 is 0.963 bits per heavy atom. The van der Waals surface area contributed by atoms with E-state index in [1.165, 1.54) is 17.0 Å². The van der Waals surface area contributed by atoms with E-state index >= 15 is 4.79 Å². The van der Waals surface area contributed by atoms with E-state index in [4.69, 9.17) is 28.3 Å². The first-order valence-corrected chi connectivity index (χ1v) is 18.1. The topological polar surface area (TPSA) is 157 Å². The van der Waals surface area contributed by atoms with Crippen molar-refractivity contribution in [3.05, 3.63) is 99.2 Å². The summed E-state index contributed by atoms with van der Waals surface area (Å²) in [5.41, 5.74) is 1.19. The van der Waals surface area contributed by atoms with E-state index in [2.05, 4.69) is 10.4 Å². The van der Waals surface area contributed by atoms with Gasteiger partial charge in [-0.1, -0.05) is 65.5 Å². The standard InChI is InChI=1S/C38H33Cl2F3N4O7/c39-22-10-8-20(9-11-22)37-27(34(52)47(36(37)54)45-32-28(40)16-21(18-44-32)38(41,42)43)17-26-24(31(37)19-5-4-6-23(48)15-19)12-13-25-30(26)35(53)46(33(25)51)14-3-1-2-7-29(49)50/h4-6,8-12,15-16,18,25-27,30-31,48H,1-3,7,13-14,17H2,(H,44,45)(H,49,50)/t25-,26+,27-,30-,31-,37+/m0/s1. The van der Waals surface area contributed by atoms with Gasteiger partial charge in [-0.15, -0.1) is 0 Å². The van der Waals surface area contributed by atoms with Crippen LogP contribution in [0.4, 0.5) is 19.0 Å². The lowest BCUT2D eigenvalue weighted by atomic mass is 9.49. The second-order valence-corrected chi connectivity index (χ2v) is 14.9. The molecule has 0 unspecified atom stereocenters. The molecule has 4 amide bonds. The molecule has 0 radical (unpaired) electrons. The fourth-order valence-corrected chi connectivity index (χ4v) is 9.21. The number of nitrogens with one attached hydrogen (secondary N) is 1. The highest BCUT2D eigenvalue weighted by Crippen LogP contribution is 2.64. The predicted octanol–water partition coefficient (Wildman–Crippen LogP) is 6.74. The number of nitrogens with zero attached hydrogens (tertiary/aromatic N) is 3. The van der Waals surface area contributed by atoms with Crippen molar-refractivity contribution in [3.63, 3.8) is 0 Å². The van der Waals surface area contributed by atoms with Gasteiger partial charge in [-0.25, -0.2) is 4.98 Å². The number of hydrogen-bond donors (Lipinski definition) is 3. The number of hydrazine groups is 1. The summed E-state index contributed by atoms with van der Waals surface area (Å²) < 4.78 is 40.3. The lowest BCUT2D eigenvalue weighted by Gasteiger charge is -2.50. The Labute approximate surface area is 316 Å². The number of anilines is 1. The summed E-state index contributed by atoms with van der Waals surface area (Å²) in [5.74, 6) is -8.19. The molecule has 1 saturated carbocycles. The highest BCUT2D eigenvalue weighted by molar-refractivity contribution is 6.33. The predicted molar refractivity (Wildman–Crippen MR) is 188 cm³/mol. The maximum atomic E-state index is 15.2. The van der Waals surface area contributed by atoms with Gasteiger partial charge < -0.3 is 10.2 Å². The third-order valence-corrected chi connectivity index (χ3v) is 11.7. The Morgan fingerprint density at radius 3 is 2.37 bits per heavy atom. The second kappa shape index (κ2) is 14.0. The number of carbonyl (C=O) groups excluding carboxylic acids is 4.